The van der Waals surface area contributed by atoms with E-state index in [9.17, 15) is 0 Å². The average molecular weight is 170 g/mol. The SMILES string of the molecule is O=[P+]([O-])[O-].[Zr+2]. The van der Waals surface area contributed by atoms with Gasteiger partial charge in [0.25, 0.3) is 8.25 Å². The van der Waals surface area contributed by atoms with Crippen LogP contribution in [-0.4, -0.2) is 0 Å². The van der Waals surface area contributed by atoms with Gasteiger partial charge in [-0.1, -0.05) is 4.57 Å². The van der Waals surface area contributed by atoms with Gasteiger partial charge >= 0.3 is 26.2 Å². The Morgan fingerprint density at radius 1 is 1.40 bits per heavy atom. The van der Waals surface area contributed by atoms with E-state index in [1.807, 2.05) is 0 Å². The molecule has 0 aromatic rings. The first-order valence-electron chi connectivity index (χ1n) is 0.548. The van der Waals surface area contributed by atoms with Crippen molar-refractivity contribution in [3.63, 3.8) is 0 Å². The summed E-state index contributed by atoms with van der Waals surface area (Å²) in [5.74, 6) is 0. The van der Waals surface area contributed by atoms with Crippen LogP contribution in [-0.2, 0) is 30.8 Å². The monoisotopic (exact) mass is 169 g/mol. The van der Waals surface area contributed by atoms with E-state index in [1.165, 1.54) is 0 Å². The summed E-state index contributed by atoms with van der Waals surface area (Å²) < 4.78 is 8.48. The molecule has 0 aliphatic heterocycles. The number of hydrogen-bond donors (Lipinski definition) is 0. The van der Waals surface area contributed by atoms with Crippen LogP contribution >= 0.6 is 8.25 Å². The van der Waals surface area contributed by atoms with Gasteiger partial charge in [-0.15, -0.1) is 0 Å². The first kappa shape index (κ1) is 9.32. The molecule has 0 radical (unpaired) electrons. The fraction of sp³-hybridized carbons (Fsp3) is 0. The Morgan fingerprint density at radius 2 is 1.40 bits per heavy atom. The maximum Gasteiger partial charge on any atom is 2.00 e. The van der Waals surface area contributed by atoms with Gasteiger partial charge in [0, 0.05) is 0 Å². The van der Waals surface area contributed by atoms with Gasteiger partial charge in [0.1, 0.15) is 0 Å². The van der Waals surface area contributed by atoms with Crippen LogP contribution in [0.4, 0.5) is 0 Å². The summed E-state index contributed by atoms with van der Waals surface area (Å²) >= 11 is 0. The van der Waals surface area contributed by atoms with E-state index in [1.54, 1.807) is 0 Å². The summed E-state index contributed by atoms with van der Waals surface area (Å²) in [6, 6.07) is 0. The Balaban J connectivity index is 0. The fourth-order valence-electron chi connectivity index (χ4n) is 0. The standard InChI is InChI=1S/HO3P.Zr/c1-4(2)3;/h(H,1,2,3);/q;+2/p-1. The molecule has 0 unspecified atom stereocenters. The van der Waals surface area contributed by atoms with Crippen LogP contribution in [0.15, 0.2) is 0 Å². The fourth-order valence-corrected chi connectivity index (χ4v) is 0. The second kappa shape index (κ2) is 4.90. The third-order valence-corrected chi connectivity index (χ3v) is 0. The molecule has 5 heteroatoms. The van der Waals surface area contributed by atoms with Crippen LogP contribution in [0.1, 0.15) is 0 Å². The Kier molecular flexibility index (Phi) is 9.13. The van der Waals surface area contributed by atoms with Gasteiger partial charge in [0.05, 0.1) is 0 Å². The van der Waals surface area contributed by atoms with E-state index >= 15 is 0 Å². The van der Waals surface area contributed by atoms with Crippen LogP contribution in [0.25, 0.3) is 0 Å². The molecule has 0 aromatic carbocycles. The molecule has 5 heavy (non-hydrogen) atoms. The molecule has 0 saturated carbocycles. The average Bonchev–Trinajstić information content (AvgIpc) is 0.811. The van der Waals surface area contributed by atoms with E-state index in [-0.39, 0.29) is 26.2 Å². The Hall–Kier alpha value is 0.903. The number of rotatable bonds is 0. The molecule has 0 saturated heterocycles. The molecule has 0 N–H and O–H groups in total. The summed E-state index contributed by atoms with van der Waals surface area (Å²) in [5.41, 5.74) is 0. The van der Waals surface area contributed by atoms with Crippen molar-refractivity contribution in [3.05, 3.63) is 0 Å². The molecule has 0 spiro atoms. The summed E-state index contributed by atoms with van der Waals surface area (Å²) in [4.78, 5) is 17.0. The molecular formula is O3PZr+. The van der Waals surface area contributed by atoms with Crippen LogP contribution in [0.3, 0.4) is 0 Å². The molecule has 0 aromatic heterocycles. The van der Waals surface area contributed by atoms with Crippen LogP contribution in [0, 0.1) is 0 Å². The zero-order valence-electron chi connectivity index (χ0n) is 2.17. The largest absolute Gasteiger partial charge is 2.00 e. The predicted octanol–water partition coefficient (Wildman–Crippen LogP) is -1.64. The van der Waals surface area contributed by atoms with Gasteiger partial charge in [-0.3, -0.25) is 0 Å². The first-order valence-corrected chi connectivity index (χ1v) is 1.64. The summed E-state index contributed by atoms with van der Waals surface area (Å²) in [5, 5.41) is 0. The summed E-state index contributed by atoms with van der Waals surface area (Å²) in [6.45, 7) is 0. The topological polar surface area (TPSA) is 63.2 Å². The van der Waals surface area contributed by atoms with Crippen molar-refractivity contribution in [2.24, 2.45) is 0 Å². The van der Waals surface area contributed by atoms with Gasteiger partial charge in [0.15, 0.2) is 0 Å². The van der Waals surface area contributed by atoms with E-state index < -0.39 is 8.25 Å². The van der Waals surface area contributed by atoms with Crippen molar-refractivity contribution in [3.8, 4) is 0 Å². The van der Waals surface area contributed by atoms with Crippen molar-refractivity contribution >= 4 is 8.25 Å². The third-order valence-electron chi connectivity index (χ3n) is 0. The molecule has 26 valence electrons. The molecule has 0 amide bonds. The maximum absolute atomic E-state index is 8.48. The molecule has 3 nitrogen and oxygen atoms in total. The zero-order chi connectivity index (χ0) is 3.58. The van der Waals surface area contributed by atoms with Crippen molar-refractivity contribution in [2.45, 2.75) is 0 Å². The second-order valence-corrected chi connectivity index (χ2v) is 0.671. The zero-order valence-corrected chi connectivity index (χ0v) is 5.52. The third kappa shape index (κ3) is 50.7. The molecular weight excluding hydrogens is 170 g/mol. The minimum absolute atomic E-state index is 0. The molecule has 0 aliphatic carbocycles. The van der Waals surface area contributed by atoms with Gasteiger partial charge in [-0.2, -0.15) is 0 Å². The predicted molar refractivity (Wildman–Crippen MR) is 7.61 cm³/mol. The smallest absolute Gasteiger partial charge is 0.598 e. The molecule has 0 rings (SSSR count). The minimum Gasteiger partial charge on any atom is -0.598 e. The van der Waals surface area contributed by atoms with Crippen LogP contribution in [0.5, 0.6) is 0 Å². The molecule has 0 bridgehead atoms. The van der Waals surface area contributed by atoms with Crippen molar-refractivity contribution < 1.29 is 40.6 Å². The molecule has 0 atom stereocenters. The van der Waals surface area contributed by atoms with Crippen LogP contribution < -0.4 is 9.79 Å². The normalized spacial score (nSPS) is 5.20. The van der Waals surface area contributed by atoms with Gasteiger partial charge in [-0.25, -0.2) is 0 Å². The molecule has 0 heterocycles. The van der Waals surface area contributed by atoms with Gasteiger partial charge in [-0.05, 0) is 0 Å². The van der Waals surface area contributed by atoms with E-state index in [0.29, 0.717) is 0 Å². The maximum atomic E-state index is 8.48. The second-order valence-electron chi connectivity index (χ2n) is 0.224. The van der Waals surface area contributed by atoms with Gasteiger partial charge in [0.2, 0.25) is 0 Å². The van der Waals surface area contributed by atoms with Crippen molar-refractivity contribution in [1.82, 2.24) is 0 Å². The Bertz CT molecular complexity index is 29.9. The number of hydrogen-bond acceptors (Lipinski definition) is 3. The van der Waals surface area contributed by atoms with E-state index in [4.69, 9.17) is 14.4 Å². The van der Waals surface area contributed by atoms with Gasteiger partial charge < -0.3 is 9.79 Å². The van der Waals surface area contributed by atoms with Crippen molar-refractivity contribution in [2.75, 3.05) is 0 Å². The van der Waals surface area contributed by atoms with E-state index in [0.717, 1.165) is 0 Å². The van der Waals surface area contributed by atoms with Crippen molar-refractivity contribution in [1.29, 1.82) is 0 Å². The minimum atomic E-state index is -3.37. The Morgan fingerprint density at radius 3 is 1.40 bits per heavy atom. The first-order chi connectivity index (χ1) is 1.73. The Labute approximate surface area is 49.1 Å². The van der Waals surface area contributed by atoms with E-state index in [2.05, 4.69) is 0 Å². The summed E-state index contributed by atoms with van der Waals surface area (Å²) in [7, 11) is -3.37. The molecule has 0 aliphatic rings. The van der Waals surface area contributed by atoms with Crippen LogP contribution in [0.2, 0.25) is 0 Å². The quantitative estimate of drug-likeness (QED) is 0.410. The summed E-state index contributed by atoms with van der Waals surface area (Å²) in [6.07, 6.45) is 0. The molecule has 0 fully saturated rings.